The molecule has 6 nitrogen and oxygen atoms in total. The summed E-state index contributed by atoms with van der Waals surface area (Å²) in [4.78, 5) is 13.3. The van der Waals surface area contributed by atoms with E-state index >= 15 is 0 Å². The normalized spacial score (nSPS) is 16.8. The van der Waals surface area contributed by atoms with Crippen LogP contribution in [0.1, 0.15) is 0 Å². The van der Waals surface area contributed by atoms with Crippen molar-refractivity contribution in [1.82, 2.24) is 4.31 Å². The fraction of sp³-hybridized carbons (Fsp3) is 0.462. The molecule has 21 heavy (non-hydrogen) atoms. The van der Waals surface area contributed by atoms with Gasteiger partial charge in [-0.3, -0.25) is 4.79 Å². The van der Waals surface area contributed by atoms with Crippen LogP contribution in [-0.2, 0) is 14.8 Å². The quantitative estimate of drug-likeness (QED) is 0.834. The highest BCUT2D eigenvalue weighted by atomic mass is 35.5. The van der Waals surface area contributed by atoms with Crippen molar-refractivity contribution in [1.29, 1.82) is 0 Å². The fourth-order valence-electron chi connectivity index (χ4n) is 2.23. The monoisotopic (exact) mass is 331 g/mol. The van der Waals surface area contributed by atoms with Gasteiger partial charge in [-0.05, 0) is 24.3 Å². The summed E-state index contributed by atoms with van der Waals surface area (Å²) in [5.74, 6) is -0.318. The maximum Gasteiger partial charge on any atom is 0.239 e. The van der Waals surface area contributed by atoms with Gasteiger partial charge in [0.15, 0.2) is 0 Å². The van der Waals surface area contributed by atoms with Crippen LogP contribution in [0.25, 0.3) is 0 Å². The number of benzene rings is 1. The van der Waals surface area contributed by atoms with Crippen LogP contribution in [0, 0.1) is 0 Å². The Balaban J connectivity index is 1.96. The van der Waals surface area contributed by atoms with Gasteiger partial charge in [-0.15, -0.1) is 11.6 Å². The standard InChI is InChI=1S/C13H18ClN3O3S/c1-21(19,20)17-8-6-16(7-9-17)12-4-2-11(3-5-12)15-13(18)10-14/h2-5H,6-10H2,1H3,(H,15,18). The molecule has 0 atom stereocenters. The number of hydrogen-bond acceptors (Lipinski definition) is 4. The molecule has 1 aliphatic heterocycles. The van der Waals surface area contributed by atoms with Crippen molar-refractivity contribution in [2.75, 3.05) is 48.5 Å². The molecular weight excluding hydrogens is 314 g/mol. The van der Waals surface area contributed by atoms with Crippen LogP contribution in [0.3, 0.4) is 0 Å². The summed E-state index contributed by atoms with van der Waals surface area (Å²) in [6.45, 7) is 2.29. The van der Waals surface area contributed by atoms with E-state index in [1.165, 1.54) is 10.6 Å². The second-order valence-corrected chi connectivity index (χ2v) is 7.13. The maximum absolute atomic E-state index is 11.5. The van der Waals surface area contributed by atoms with E-state index in [2.05, 4.69) is 10.2 Å². The van der Waals surface area contributed by atoms with Crippen molar-refractivity contribution in [2.45, 2.75) is 0 Å². The van der Waals surface area contributed by atoms with Gasteiger partial charge >= 0.3 is 0 Å². The van der Waals surface area contributed by atoms with Crippen LogP contribution in [0.5, 0.6) is 0 Å². The average molecular weight is 332 g/mol. The molecule has 0 spiro atoms. The third kappa shape index (κ3) is 4.33. The molecule has 0 saturated carbocycles. The second-order valence-electron chi connectivity index (χ2n) is 4.88. The van der Waals surface area contributed by atoms with Crippen LogP contribution in [0.15, 0.2) is 24.3 Å². The molecular formula is C13H18ClN3O3S. The van der Waals surface area contributed by atoms with Crippen molar-refractivity contribution in [2.24, 2.45) is 0 Å². The number of rotatable bonds is 4. The molecule has 1 amide bonds. The first-order valence-electron chi connectivity index (χ1n) is 6.56. The van der Waals surface area contributed by atoms with Gasteiger partial charge in [-0.2, -0.15) is 4.31 Å². The highest BCUT2D eigenvalue weighted by molar-refractivity contribution is 7.88. The summed E-state index contributed by atoms with van der Waals surface area (Å²) >= 11 is 5.43. The molecule has 1 fully saturated rings. The lowest BCUT2D eigenvalue weighted by molar-refractivity contribution is -0.113. The van der Waals surface area contributed by atoms with Crippen molar-refractivity contribution in [3.63, 3.8) is 0 Å². The Labute approximate surface area is 129 Å². The Kier molecular flexibility index (Phi) is 5.08. The third-order valence-electron chi connectivity index (χ3n) is 3.35. The van der Waals surface area contributed by atoms with Gasteiger partial charge < -0.3 is 10.2 Å². The van der Waals surface area contributed by atoms with Crippen LogP contribution >= 0.6 is 11.6 Å². The molecule has 0 aliphatic carbocycles. The molecule has 1 aromatic rings. The van der Waals surface area contributed by atoms with Crippen LogP contribution in [0.4, 0.5) is 11.4 Å². The Bertz CT molecular complexity index is 596. The van der Waals surface area contributed by atoms with E-state index in [9.17, 15) is 13.2 Å². The summed E-state index contributed by atoms with van der Waals surface area (Å²) in [7, 11) is -3.11. The predicted octanol–water partition coefficient (Wildman–Crippen LogP) is 0.945. The highest BCUT2D eigenvalue weighted by Gasteiger charge is 2.23. The zero-order valence-corrected chi connectivity index (χ0v) is 13.3. The minimum atomic E-state index is -3.11. The van der Waals surface area contributed by atoms with Gasteiger partial charge in [0.1, 0.15) is 5.88 Å². The number of carbonyl (C=O) groups is 1. The third-order valence-corrected chi connectivity index (χ3v) is 4.89. The van der Waals surface area contributed by atoms with E-state index in [0.29, 0.717) is 31.9 Å². The number of alkyl halides is 1. The molecule has 0 unspecified atom stereocenters. The number of nitrogens with one attached hydrogen (secondary N) is 1. The van der Waals surface area contributed by atoms with E-state index in [1.807, 2.05) is 24.3 Å². The Morgan fingerprint density at radius 1 is 1.19 bits per heavy atom. The lowest BCUT2D eigenvalue weighted by Crippen LogP contribution is -2.48. The highest BCUT2D eigenvalue weighted by Crippen LogP contribution is 2.20. The molecule has 8 heteroatoms. The van der Waals surface area contributed by atoms with E-state index in [4.69, 9.17) is 11.6 Å². The number of sulfonamides is 1. The summed E-state index contributed by atoms with van der Waals surface area (Å²) in [5, 5.41) is 2.67. The van der Waals surface area contributed by atoms with Gasteiger partial charge in [-0.25, -0.2) is 8.42 Å². The van der Waals surface area contributed by atoms with E-state index < -0.39 is 10.0 Å². The molecule has 1 aliphatic rings. The molecule has 2 rings (SSSR count). The fourth-order valence-corrected chi connectivity index (χ4v) is 3.12. The number of piperazine rings is 1. The van der Waals surface area contributed by atoms with E-state index in [0.717, 1.165) is 5.69 Å². The molecule has 0 radical (unpaired) electrons. The second kappa shape index (κ2) is 6.64. The lowest BCUT2D eigenvalue weighted by Gasteiger charge is -2.34. The molecule has 1 N–H and O–H groups in total. The predicted molar refractivity (Wildman–Crippen MR) is 84.4 cm³/mol. The minimum absolute atomic E-state index is 0.0742. The number of anilines is 2. The Morgan fingerprint density at radius 3 is 2.24 bits per heavy atom. The van der Waals surface area contributed by atoms with Gasteiger partial charge in [0.05, 0.1) is 6.26 Å². The summed E-state index contributed by atoms with van der Waals surface area (Å²) in [6, 6.07) is 7.42. The molecule has 1 saturated heterocycles. The largest absolute Gasteiger partial charge is 0.369 e. The van der Waals surface area contributed by atoms with Crippen LogP contribution in [0.2, 0.25) is 0 Å². The number of halogens is 1. The van der Waals surface area contributed by atoms with Crippen molar-refractivity contribution >= 4 is 38.9 Å². The first-order chi connectivity index (χ1) is 9.90. The molecule has 0 aromatic heterocycles. The Morgan fingerprint density at radius 2 is 1.76 bits per heavy atom. The number of hydrogen-bond donors (Lipinski definition) is 1. The average Bonchev–Trinajstić information content (AvgIpc) is 2.47. The summed E-state index contributed by atoms with van der Waals surface area (Å²) < 4.78 is 24.4. The van der Waals surface area contributed by atoms with Gasteiger partial charge in [0.25, 0.3) is 0 Å². The van der Waals surface area contributed by atoms with Gasteiger partial charge in [-0.1, -0.05) is 0 Å². The summed E-state index contributed by atoms with van der Waals surface area (Å²) in [5.41, 5.74) is 1.70. The van der Waals surface area contributed by atoms with Crippen molar-refractivity contribution < 1.29 is 13.2 Å². The van der Waals surface area contributed by atoms with E-state index in [-0.39, 0.29) is 11.8 Å². The van der Waals surface area contributed by atoms with Crippen molar-refractivity contribution in [3.8, 4) is 0 Å². The first kappa shape index (κ1) is 16.1. The SMILES string of the molecule is CS(=O)(=O)N1CCN(c2ccc(NC(=O)CCl)cc2)CC1. The van der Waals surface area contributed by atoms with Crippen LogP contribution in [-0.4, -0.2) is 56.9 Å². The van der Waals surface area contributed by atoms with Crippen LogP contribution < -0.4 is 10.2 Å². The number of carbonyl (C=O) groups excluding carboxylic acids is 1. The van der Waals surface area contributed by atoms with Crippen molar-refractivity contribution in [3.05, 3.63) is 24.3 Å². The summed E-state index contributed by atoms with van der Waals surface area (Å²) in [6.07, 6.45) is 1.23. The minimum Gasteiger partial charge on any atom is -0.369 e. The molecule has 1 heterocycles. The first-order valence-corrected chi connectivity index (χ1v) is 8.94. The zero-order chi connectivity index (χ0) is 15.5. The maximum atomic E-state index is 11.5. The van der Waals surface area contributed by atoms with E-state index in [1.54, 1.807) is 0 Å². The molecule has 1 aromatic carbocycles. The smallest absolute Gasteiger partial charge is 0.239 e. The van der Waals surface area contributed by atoms with Gasteiger partial charge in [0.2, 0.25) is 15.9 Å². The number of amides is 1. The topological polar surface area (TPSA) is 69.7 Å². The zero-order valence-electron chi connectivity index (χ0n) is 11.8. The Hall–Kier alpha value is -1.31. The molecule has 0 bridgehead atoms. The van der Waals surface area contributed by atoms with Gasteiger partial charge in [0, 0.05) is 37.6 Å². The molecule has 116 valence electrons. The number of nitrogens with zero attached hydrogens (tertiary/aromatic N) is 2. The lowest BCUT2D eigenvalue weighted by atomic mass is 10.2.